The number of Topliss-reactive ketones (excluding diaryl/α,β-unsaturated/α-hetero) is 1. The summed E-state index contributed by atoms with van der Waals surface area (Å²) >= 11 is 1.65. The van der Waals surface area contributed by atoms with Crippen LogP contribution in [0.5, 0.6) is 0 Å². The molecule has 3 unspecified atom stereocenters. The SMILES string of the molecule is C=CC(C(=O)c1ccccc1)[N+]1(C(Sc2ccccc2)C(C)O)CCNCC1. The highest BCUT2D eigenvalue weighted by Crippen LogP contribution is 2.37. The minimum atomic E-state index is -0.575. The first kappa shape index (κ1) is 20.8. The lowest BCUT2D eigenvalue weighted by molar-refractivity contribution is -0.949. The summed E-state index contributed by atoms with van der Waals surface area (Å²) in [6, 6.07) is 19.1. The molecule has 2 aromatic carbocycles. The molecule has 148 valence electrons. The van der Waals surface area contributed by atoms with Gasteiger partial charge in [-0.2, -0.15) is 0 Å². The van der Waals surface area contributed by atoms with E-state index in [4.69, 9.17) is 0 Å². The first-order valence-corrected chi connectivity index (χ1v) is 10.7. The summed E-state index contributed by atoms with van der Waals surface area (Å²) in [5.41, 5.74) is 0.692. The fraction of sp³-hybridized carbons (Fsp3) is 0.348. The second-order valence-electron chi connectivity index (χ2n) is 7.27. The number of nitrogens with one attached hydrogen (secondary N) is 1. The molecule has 28 heavy (non-hydrogen) atoms. The number of benzene rings is 2. The van der Waals surface area contributed by atoms with Crippen LogP contribution in [0.2, 0.25) is 0 Å². The Hall–Kier alpha value is -1.92. The third-order valence-electron chi connectivity index (χ3n) is 5.43. The van der Waals surface area contributed by atoms with E-state index in [1.807, 2.05) is 55.5 Å². The van der Waals surface area contributed by atoms with Crippen LogP contribution in [-0.2, 0) is 0 Å². The minimum absolute atomic E-state index is 0.0665. The Morgan fingerprint density at radius 1 is 1.11 bits per heavy atom. The summed E-state index contributed by atoms with van der Waals surface area (Å²) in [5, 5.41) is 14.0. The number of quaternary nitrogens is 1. The second-order valence-corrected chi connectivity index (χ2v) is 8.46. The highest BCUT2D eigenvalue weighted by molar-refractivity contribution is 7.99. The molecular formula is C23H29N2O2S+. The Kier molecular flexibility index (Phi) is 7.08. The van der Waals surface area contributed by atoms with Crippen molar-refractivity contribution in [2.24, 2.45) is 0 Å². The van der Waals surface area contributed by atoms with Gasteiger partial charge in [0.15, 0.2) is 11.4 Å². The predicted octanol–water partition coefficient (Wildman–Crippen LogP) is 3.34. The third-order valence-corrected chi connectivity index (χ3v) is 7.03. The van der Waals surface area contributed by atoms with Crippen molar-refractivity contribution in [3.05, 3.63) is 78.9 Å². The van der Waals surface area contributed by atoms with Gasteiger partial charge in [-0.25, -0.2) is 0 Å². The van der Waals surface area contributed by atoms with Gasteiger partial charge in [0, 0.05) is 23.5 Å². The van der Waals surface area contributed by atoms with E-state index in [-0.39, 0.29) is 11.2 Å². The summed E-state index contributed by atoms with van der Waals surface area (Å²) in [4.78, 5) is 14.6. The molecule has 1 aliphatic heterocycles. The average Bonchev–Trinajstić information content (AvgIpc) is 2.74. The zero-order chi connectivity index (χ0) is 20.0. The van der Waals surface area contributed by atoms with Crippen molar-refractivity contribution < 1.29 is 14.4 Å². The number of carbonyl (C=O) groups is 1. The van der Waals surface area contributed by atoms with E-state index in [1.165, 1.54) is 0 Å². The number of rotatable bonds is 8. The Bertz CT molecular complexity index is 774. The summed E-state index contributed by atoms with van der Waals surface area (Å²) in [6.07, 6.45) is 1.20. The number of thioether (sulfide) groups is 1. The summed E-state index contributed by atoms with van der Waals surface area (Å²) in [6.45, 7) is 9.02. The van der Waals surface area contributed by atoms with Gasteiger partial charge in [-0.05, 0) is 25.1 Å². The van der Waals surface area contributed by atoms with Crippen molar-refractivity contribution in [2.75, 3.05) is 26.2 Å². The molecule has 0 bridgehead atoms. The fourth-order valence-corrected chi connectivity index (χ4v) is 5.44. The average molecular weight is 398 g/mol. The normalized spacial score (nSPS) is 19.4. The predicted molar refractivity (Wildman–Crippen MR) is 115 cm³/mol. The van der Waals surface area contributed by atoms with Gasteiger partial charge in [-0.15, -0.1) is 0 Å². The molecule has 3 atom stereocenters. The fourth-order valence-electron chi connectivity index (χ4n) is 4.10. The molecule has 4 nitrogen and oxygen atoms in total. The number of hydrogen-bond acceptors (Lipinski definition) is 4. The Labute approximate surface area is 171 Å². The van der Waals surface area contributed by atoms with Gasteiger partial charge in [0.1, 0.15) is 6.10 Å². The minimum Gasteiger partial charge on any atom is -0.386 e. The van der Waals surface area contributed by atoms with Crippen LogP contribution >= 0.6 is 11.8 Å². The van der Waals surface area contributed by atoms with E-state index < -0.39 is 12.1 Å². The number of aliphatic hydroxyl groups is 1. The molecule has 1 saturated heterocycles. The molecule has 1 aliphatic rings. The zero-order valence-electron chi connectivity index (χ0n) is 16.3. The van der Waals surface area contributed by atoms with Crippen LogP contribution < -0.4 is 5.32 Å². The van der Waals surface area contributed by atoms with Crippen LogP contribution in [0.15, 0.2) is 78.2 Å². The maximum absolute atomic E-state index is 13.5. The Morgan fingerprint density at radius 2 is 1.68 bits per heavy atom. The molecule has 0 aromatic heterocycles. The molecule has 0 saturated carbocycles. The quantitative estimate of drug-likeness (QED) is 0.310. The highest BCUT2D eigenvalue weighted by atomic mass is 32.2. The topological polar surface area (TPSA) is 49.3 Å². The van der Waals surface area contributed by atoms with Crippen LogP contribution in [0, 0.1) is 0 Å². The molecule has 2 aromatic rings. The first-order valence-electron chi connectivity index (χ1n) is 9.77. The van der Waals surface area contributed by atoms with Gasteiger partial charge >= 0.3 is 0 Å². The standard InChI is InChI=1S/C23H29N2O2S/c1-3-21(22(27)19-10-6-4-7-11-19)25(16-14-24-15-17-25)23(18(2)26)28-20-12-8-5-9-13-20/h3-13,18,21,23-24,26H,1,14-17H2,2H3/q+1. The number of nitrogens with zero attached hydrogens (tertiary/aromatic N) is 1. The van der Waals surface area contributed by atoms with Crippen molar-refractivity contribution in [1.29, 1.82) is 0 Å². The van der Waals surface area contributed by atoms with Crippen molar-refractivity contribution in [3.8, 4) is 0 Å². The molecule has 0 amide bonds. The van der Waals surface area contributed by atoms with Crippen LogP contribution in [0.4, 0.5) is 0 Å². The molecular weight excluding hydrogens is 368 g/mol. The van der Waals surface area contributed by atoms with E-state index in [1.54, 1.807) is 17.8 Å². The Balaban J connectivity index is 2.01. The maximum Gasteiger partial charge on any atom is 0.224 e. The van der Waals surface area contributed by atoms with Gasteiger partial charge < -0.3 is 10.4 Å². The van der Waals surface area contributed by atoms with Crippen molar-refractivity contribution in [2.45, 2.75) is 29.3 Å². The molecule has 0 aliphatic carbocycles. The van der Waals surface area contributed by atoms with Crippen LogP contribution in [-0.4, -0.2) is 59.1 Å². The van der Waals surface area contributed by atoms with E-state index in [2.05, 4.69) is 24.0 Å². The largest absolute Gasteiger partial charge is 0.386 e. The first-order chi connectivity index (χ1) is 13.6. The van der Waals surface area contributed by atoms with Gasteiger partial charge in [-0.3, -0.25) is 9.28 Å². The van der Waals surface area contributed by atoms with Crippen molar-refractivity contribution in [1.82, 2.24) is 5.32 Å². The van der Waals surface area contributed by atoms with Gasteiger partial charge in [0.2, 0.25) is 5.78 Å². The van der Waals surface area contributed by atoms with E-state index in [0.29, 0.717) is 10.0 Å². The van der Waals surface area contributed by atoms with Gasteiger partial charge in [-0.1, -0.05) is 66.9 Å². The summed E-state index contributed by atoms with van der Waals surface area (Å²) < 4.78 is 0.501. The highest BCUT2D eigenvalue weighted by Gasteiger charge is 2.49. The van der Waals surface area contributed by atoms with E-state index in [0.717, 1.165) is 31.1 Å². The van der Waals surface area contributed by atoms with Crippen LogP contribution in [0.25, 0.3) is 0 Å². The lowest BCUT2D eigenvalue weighted by Crippen LogP contribution is -2.70. The molecule has 1 fully saturated rings. The Morgan fingerprint density at radius 3 is 2.21 bits per heavy atom. The lowest BCUT2D eigenvalue weighted by Gasteiger charge is -2.51. The number of carbonyl (C=O) groups excluding carboxylic acids is 1. The smallest absolute Gasteiger partial charge is 0.224 e. The monoisotopic (exact) mass is 397 g/mol. The second kappa shape index (κ2) is 9.52. The number of hydrogen-bond donors (Lipinski definition) is 2. The third kappa shape index (κ3) is 4.39. The van der Waals surface area contributed by atoms with Crippen LogP contribution in [0.1, 0.15) is 17.3 Å². The molecule has 0 spiro atoms. The van der Waals surface area contributed by atoms with Crippen LogP contribution in [0.3, 0.4) is 0 Å². The van der Waals surface area contributed by atoms with Crippen molar-refractivity contribution >= 4 is 17.5 Å². The summed E-state index contributed by atoms with van der Waals surface area (Å²) in [7, 11) is 0. The van der Waals surface area contributed by atoms with Gasteiger partial charge in [0.05, 0.1) is 13.1 Å². The zero-order valence-corrected chi connectivity index (χ0v) is 17.1. The van der Waals surface area contributed by atoms with Crippen molar-refractivity contribution in [3.63, 3.8) is 0 Å². The van der Waals surface area contributed by atoms with E-state index >= 15 is 0 Å². The molecule has 1 heterocycles. The number of aliphatic hydroxyl groups excluding tert-OH is 1. The molecule has 2 N–H and O–H groups in total. The molecule has 3 rings (SSSR count). The molecule has 0 radical (unpaired) electrons. The maximum atomic E-state index is 13.5. The molecule has 5 heteroatoms. The summed E-state index contributed by atoms with van der Waals surface area (Å²) in [5.74, 6) is 0.0665. The number of piperazine rings is 1. The van der Waals surface area contributed by atoms with E-state index in [9.17, 15) is 9.90 Å². The van der Waals surface area contributed by atoms with Gasteiger partial charge in [0.25, 0.3) is 0 Å². The number of ketones is 1. The lowest BCUT2D eigenvalue weighted by atomic mass is 9.98.